The summed E-state index contributed by atoms with van der Waals surface area (Å²) >= 11 is 0. The maximum atomic E-state index is 12.9. The van der Waals surface area contributed by atoms with Crippen LogP contribution in [0.2, 0.25) is 0 Å². The van der Waals surface area contributed by atoms with Crippen molar-refractivity contribution in [2.45, 2.75) is 309 Å². The normalized spacial score (nSPS) is 12.8. The van der Waals surface area contributed by atoms with E-state index < -0.39 is 6.10 Å². The molecule has 0 fully saturated rings. The average Bonchev–Trinajstić information content (AvgIpc) is 3.38. The largest absolute Gasteiger partial charge is 0.462 e. The van der Waals surface area contributed by atoms with Gasteiger partial charge in [-0.3, -0.25) is 9.59 Å². The number of rotatable bonds is 57. The highest BCUT2D eigenvalue weighted by Gasteiger charge is 2.17. The first-order chi connectivity index (χ1) is 35.6. The molecule has 0 aliphatic rings. The summed E-state index contributed by atoms with van der Waals surface area (Å²) in [7, 11) is 0. The summed E-state index contributed by atoms with van der Waals surface area (Å²) in [5.74, 6) is -0.414. The van der Waals surface area contributed by atoms with Crippen molar-refractivity contribution < 1.29 is 23.8 Å². The van der Waals surface area contributed by atoms with Gasteiger partial charge in [-0.15, -0.1) is 0 Å². The Morgan fingerprint density at radius 3 is 0.972 bits per heavy atom. The summed E-state index contributed by atoms with van der Waals surface area (Å²) in [5.41, 5.74) is 0. The van der Waals surface area contributed by atoms with Gasteiger partial charge in [-0.05, 0) is 122 Å². The molecule has 1 unspecified atom stereocenters. The third kappa shape index (κ3) is 59.6. The lowest BCUT2D eigenvalue weighted by Gasteiger charge is -2.18. The summed E-state index contributed by atoms with van der Waals surface area (Å²) in [6, 6.07) is 0. The topological polar surface area (TPSA) is 61.8 Å². The lowest BCUT2D eigenvalue weighted by molar-refractivity contribution is -0.163. The van der Waals surface area contributed by atoms with Gasteiger partial charge in [-0.2, -0.15) is 0 Å². The lowest BCUT2D eigenvalue weighted by atomic mass is 10.1. The number of ether oxygens (including phenoxy) is 3. The number of carbonyl (C=O) groups excluding carboxylic acids is 2. The van der Waals surface area contributed by atoms with Gasteiger partial charge in [0.2, 0.25) is 0 Å². The molecule has 72 heavy (non-hydrogen) atoms. The van der Waals surface area contributed by atoms with Gasteiger partial charge < -0.3 is 14.2 Å². The first kappa shape index (κ1) is 69.1. The molecule has 1 atom stereocenters. The standard InChI is InChI=1S/C67H118O5/c1-4-7-10-13-16-19-22-25-28-31-33-35-38-41-44-47-50-53-56-59-62-70-63-65(72-67(69)61-58-55-52-49-46-43-40-36-30-27-24-21-18-15-12-9-6-3)64-71-66(68)60-57-54-51-48-45-42-39-37-34-32-29-26-23-20-17-14-11-8-5-2/h16-17,19-20,25-30,33-35,37,65H,4-15,18,21-24,31-32,36,38-64H2,1-3H3/b19-16-,20-17-,28-25-,29-26-,30-27-,35-33-,37-34-. The molecular weight excluding hydrogens is 885 g/mol. The third-order valence-electron chi connectivity index (χ3n) is 13.4. The molecule has 0 saturated heterocycles. The minimum absolute atomic E-state index is 0.0705. The molecule has 0 spiro atoms. The highest BCUT2D eigenvalue weighted by molar-refractivity contribution is 5.70. The van der Waals surface area contributed by atoms with Crippen molar-refractivity contribution in [1.29, 1.82) is 0 Å². The Bertz CT molecular complexity index is 1320. The van der Waals surface area contributed by atoms with Crippen LogP contribution in [0.3, 0.4) is 0 Å². The zero-order chi connectivity index (χ0) is 52.0. The zero-order valence-corrected chi connectivity index (χ0v) is 47.9. The van der Waals surface area contributed by atoms with E-state index in [1.54, 1.807) is 0 Å². The summed E-state index contributed by atoms with van der Waals surface area (Å²) in [4.78, 5) is 25.6. The van der Waals surface area contributed by atoms with Crippen molar-refractivity contribution in [3.8, 4) is 0 Å². The molecule has 5 heteroatoms. The maximum absolute atomic E-state index is 12.9. The van der Waals surface area contributed by atoms with E-state index in [-0.39, 0.29) is 25.2 Å². The number of unbranched alkanes of at least 4 members (excludes halogenated alkanes) is 32. The minimum atomic E-state index is -0.555. The fraction of sp³-hybridized carbons (Fsp3) is 0.761. The van der Waals surface area contributed by atoms with E-state index in [1.165, 1.54) is 186 Å². The SMILES string of the molecule is CCCCC/C=C\C/C=C\C/C=C\CCCCCCCCCOCC(COC(=O)CCCCCCCC/C=C\C/C=C\C/C=C\CCCCC)OC(=O)CCCCCCCCC/C=C\CCCCCCCC. The fourth-order valence-electron chi connectivity index (χ4n) is 8.70. The molecule has 0 aromatic rings. The van der Waals surface area contributed by atoms with Crippen LogP contribution < -0.4 is 0 Å². The monoisotopic (exact) mass is 1000 g/mol. The summed E-state index contributed by atoms with van der Waals surface area (Å²) in [5, 5.41) is 0. The van der Waals surface area contributed by atoms with Crippen molar-refractivity contribution in [2.75, 3.05) is 19.8 Å². The van der Waals surface area contributed by atoms with Gasteiger partial charge >= 0.3 is 11.9 Å². The van der Waals surface area contributed by atoms with Gasteiger partial charge in [-0.1, -0.05) is 254 Å². The second-order valence-electron chi connectivity index (χ2n) is 20.6. The predicted octanol–water partition coefficient (Wildman–Crippen LogP) is 21.6. The molecule has 0 aromatic heterocycles. The zero-order valence-electron chi connectivity index (χ0n) is 47.9. The van der Waals surface area contributed by atoms with Crippen LogP contribution in [0.5, 0.6) is 0 Å². The van der Waals surface area contributed by atoms with Gasteiger partial charge in [0.25, 0.3) is 0 Å². The van der Waals surface area contributed by atoms with Gasteiger partial charge in [0, 0.05) is 19.4 Å². The van der Waals surface area contributed by atoms with Crippen molar-refractivity contribution in [2.24, 2.45) is 0 Å². The molecule has 0 aromatic carbocycles. The smallest absolute Gasteiger partial charge is 0.306 e. The number of allylic oxidation sites excluding steroid dienone is 14. The van der Waals surface area contributed by atoms with Crippen molar-refractivity contribution in [3.05, 3.63) is 85.1 Å². The van der Waals surface area contributed by atoms with Crippen molar-refractivity contribution in [3.63, 3.8) is 0 Å². The molecule has 416 valence electrons. The van der Waals surface area contributed by atoms with E-state index >= 15 is 0 Å². The van der Waals surface area contributed by atoms with E-state index in [2.05, 4.69) is 106 Å². The maximum Gasteiger partial charge on any atom is 0.306 e. The quantitative estimate of drug-likeness (QED) is 0.0345. The van der Waals surface area contributed by atoms with Gasteiger partial charge in [0.15, 0.2) is 6.10 Å². The molecule has 0 saturated carbocycles. The molecule has 5 nitrogen and oxygen atoms in total. The highest BCUT2D eigenvalue weighted by atomic mass is 16.6. The van der Waals surface area contributed by atoms with E-state index in [0.717, 1.165) is 83.5 Å². The molecular formula is C67H118O5. The molecule has 0 aliphatic heterocycles. The van der Waals surface area contributed by atoms with Crippen molar-refractivity contribution >= 4 is 11.9 Å². The Morgan fingerprint density at radius 1 is 0.306 bits per heavy atom. The van der Waals surface area contributed by atoms with E-state index in [4.69, 9.17) is 14.2 Å². The van der Waals surface area contributed by atoms with Gasteiger partial charge in [0.05, 0.1) is 6.61 Å². The first-order valence-electron chi connectivity index (χ1n) is 31.1. The Labute approximate surface area is 448 Å². The predicted molar refractivity (Wildman–Crippen MR) is 316 cm³/mol. The second kappa shape index (κ2) is 62.4. The Morgan fingerprint density at radius 2 is 0.583 bits per heavy atom. The van der Waals surface area contributed by atoms with E-state index in [0.29, 0.717) is 19.4 Å². The summed E-state index contributed by atoms with van der Waals surface area (Å²) < 4.78 is 17.5. The van der Waals surface area contributed by atoms with Crippen LogP contribution in [0.25, 0.3) is 0 Å². The Hall–Kier alpha value is -2.92. The molecule has 0 rings (SSSR count). The van der Waals surface area contributed by atoms with Crippen LogP contribution in [0.4, 0.5) is 0 Å². The molecule has 0 bridgehead atoms. The Balaban J connectivity index is 4.33. The number of hydrogen-bond donors (Lipinski definition) is 0. The lowest BCUT2D eigenvalue weighted by Crippen LogP contribution is -2.30. The number of hydrogen-bond acceptors (Lipinski definition) is 5. The average molecular weight is 1000 g/mol. The van der Waals surface area contributed by atoms with Crippen LogP contribution in [0.15, 0.2) is 85.1 Å². The van der Waals surface area contributed by atoms with Gasteiger partial charge in [-0.25, -0.2) is 0 Å². The third-order valence-corrected chi connectivity index (χ3v) is 13.4. The van der Waals surface area contributed by atoms with E-state index in [1.807, 2.05) is 0 Å². The van der Waals surface area contributed by atoms with Crippen LogP contribution in [-0.4, -0.2) is 37.9 Å². The summed E-state index contributed by atoms with van der Waals surface area (Å²) in [6.07, 6.45) is 83.2. The van der Waals surface area contributed by atoms with Crippen LogP contribution in [-0.2, 0) is 23.8 Å². The molecule has 0 radical (unpaired) electrons. The minimum Gasteiger partial charge on any atom is -0.462 e. The second-order valence-corrected chi connectivity index (χ2v) is 20.6. The fourth-order valence-corrected chi connectivity index (χ4v) is 8.70. The van der Waals surface area contributed by atoms with Crippen LogP contribution in [0, 0.1) is 0 Å². The molecule has 0 heterocycles. The van der Waals surface area contributed by atoms with Crippen LogP contribution in [0.1, 0.15) is 303 Å². The first-order valence-corrected chi connectivity index (χ1v) is 31.1. The van der Waals surface area contributed by atoms with Crippen molar-refractivity contribution in [1.82, 2.24) is 0 Å². The van der Waals surface area contributed by atoms with Crippen LogP contribution >= 0.6 is 0 Å². The van der Waals surface area contributed by atoms with E-state index in [9.17, 15) is 9.59 Å². The molecule has 0 N–H and O–H groups in total. The Kier molecular flexibility index (Phi) is 59.8. The number of esters is 2. The number of carbonyl (C=O) groups is 2. The highest BCUT2D eigenvalue weighted by Crippen LogP contribution is 2.15. The van der Waals surface area contributed by atoms with Gasteiger partial charge in [0.1, 0.15) is 6.61 Å². The molecule has 0 aliphatic carbocycles. The molecule has 0 amide bonds. The summed E-state index contributed by atoms with van der Waals surface area (Å²) in [6.45, 7) is 7.76.